The fraction of sp³-hybridized carbons (Fsp3) is 0.312. The molecule has 0 aliphatic carbocycles. The highest BCUT2D eigenvalue weighted by atomic mass is 16.6. The number of carbonyl (C=O) groups excluding carboxylic acids is 2. The summed E-state index contributed by atoms with van der Waals surface area (Å²) in [6.07, 6.45) is -0.733. The minimum atomic E-state index is -1.40. The number of guanidine groups is 1. The highest BCUT2D eigenvalue weighted by Gasteiger charge is 2.51. The predicted molar refractivity (Wildman–Crippen MR) is 156 cm³/mol. The Labute approximate surface area is 240 Å². The number of unbranched alkanes of at least 4 members (excludes halogenated alkanes) is 1. The second-order valence-electron chi connectivity index (χ2n) is 10.9. The van der Waals surface area contributed by atoms with E-state index in [9.17, 15) is 19.5 Å². The van der Waals surface area contributed by atoms with Crippen LogP contribution in [0.1, 0.15) is 50.3 Å². The van der Waals surface area contributed by atoms with Crippen LogP contribution in [0.4, 0.5) is 9.59 Å². The average Bonchev–Trinajstić information content (AvgIpc) is 3.22. The standard InChI is InChI=1S/C32H36N4O5/c1-31(2,3)41-29(38)33-28-34-32(25-17-9-5-10-18-25,26-19-11-6-12-20-26)27(37)36(28)22-14-13-21-35(30(39)40)23-24-15-7-4-8-16-24/h4-12,15-20H,13-14,21-23H2,1-3H3,(H,39,40)(H,33,34,38). The number of alkyl carbamates (subject to hydrolysis) is 1. The van der Waals surface area contributed by atoms with Crippen LogP contribution in [0.2, 0.25) is 0 Å². The first-order valence-corrected chi connectivity index (χ1v) is 13.6. The number of amides is 3. The van der Waals surface area contributed by atoms with Crippen molar-refractivity contribution in [3.8, 4) is 0 Å². The number of carboxylic acid groups (broad SMARTS) is 1. The predicted octanol–water partition coefficient (Wildman–Crippen LogP) is 5.61. The fourth-order valence-electron chi connectivity index (χ4n) is 4.78. The van der Waals surface area contributed by atoms with Crippen LogP contribution >= 0.6 is 0 Å². The van der Waals surface area contributed by atoms with E-state index in [4.69, 9.17) is 9.73 Å². The molecule has 0 bridgehead atoms. The molecule has 4 rings (SSSR count). The van der Waals surface area contributed by atoms with E-state index >= 15 is 0 Å². The van der Waals surface area contributed by atoms with Crippen LogP contribution in [-0.2, 0) is 21.6 Å². The molecule has 3 amide bonds. The first-order valence-electron chi connectivity index (χ1n) is 13.6. The molecular formula is C32H36N4O5. The number of hydrogen-bond acceptors (Lipinski definition) is 5. The summed E-state index contributed by atoms with van der Waals surface area (Å²) in [6.45, 7) is 6.07. The molecule has 1 heterocycles. The van der Waals surface area contributed by atoms with Gasteiger partial charge in [-0.25, -0.2) is 14.6 Å². The van der Waals surface area contributed by atoms with E-state index in [2.05, 4.69) is 5.32 Å². The van der Waals surface area contributed by atoms with Gasteiger partial charge in [0.15, 0.2) is 5.54 Å². The molecule has 1 aliphatic rings. The van der Waals surface area contributed by atoms with Crippen LogP contribution in [0.15, 0.2) is 96.0 Å². The molecule has 2 N–H and O–H groups in total. The summed E-state index contributed by atoms with van der Waals surface area (Å²) in [5.74, 6) is -0.211. The molecule has 9 heteroatoms. The number of benzene rings is 3. The summed E-state index contributed by atoms with van der Waals surface area (Å²) < 4.78 is 5.46. The van der Waals surface area contributed by atoms with Crippen molar-refractivity contribution in [3.05, 3.63) is 108 Å². The lowest BCUT2D eigenvalue weighted by atomic mass is 9.83. The minimum absolute atomic E-state index is 0.0938. The lowest BCUT2D eigenvalue weighted by Crippen LogP contribution is -2.48. The number of nitrogens with one attached hydrogen (secondary N) is 1. The summed E-state index contributed by atoms with van der Waals surface area (Å²) in [5, 5.41) is 12.4. The largest absolute Gasteiger partial charge is 0.465 e. The molecule has 214 valence electrons. The Morgan fingerprint density at radius 2 is 1.44 bits per heavy atom. The van der Waals surface area contributed by atoms with Gasteiger partial charge in [-0.1, -0.05) is 91.0 Å². The molecule has 0 saturated carbocycles. The zero-order valence-corrected chi connectivity index (χ0v) is 23.6. The van der Waals surface area contributed by atoms with Gasteiger partial charge in [0.25, 0.3) is 5.91 Å². The Morgan fingerprint density at radius 1 is 0.902 bits per heavy atom. The smallest absolute Gasteiger partial charge is 0.414 e. The molecule has 0 spiro atoms. The quantitative estimate of drug-likeness (QED) is 0.333. The highest BCUT2D eigenvalue weighted by molar-refractivity contribution is 6.12. The molecule has 0 fully saturated rings. The van der Waals surface area contributed by atoms with Gasteiger partial charge in [0.1, 0.15) is 5.60 Å². The monoisotopic (exact) mass is 556 g/mol. The van der Waals surface area contributed by atoms with Gasteiger partial charge in [-0.15, -0.1) is 0 Å². The fourth-order valence-corrected chi connectivity index (χ4v) is 4.78. The number of aliphatic imine (C=N–C) groups is 1. The third-order valence-corrected chi connectivity index (χ3v) is 6.63. The van der Waals surface area contributed by atoms with Crippen LogP contribution in [-0.4, -0.2) is 57.7 Å². The average molecular weight is 557 g/mol. The van der Waals surface area contributed by atoms with E-state index in [0.29, 0.717) is 30.5 Å². The van der Waals surface area contributed by atoms with Gasteiger partial charge in [-0.05, 0) is 50.3 Å². The van der Waals surface area contributed by atoms with E-state index in [1.165, 1.54) is 9.80 Å². The van der Waals surface area contributed by atoms with Crippen molar-refractivity contribution in [3.63, 3.8) is 0 Å². The molecule has 0 saturated heterocycles. The van der Waals surface area contributed by atoms with Crippen LogP contribution in [0, 0.1) is 0 Å². The van der Waals surface area contributed by atoms with Gasteiger partial charge >= 0.3 is 12.2 Å². The van der Waals surface area contributed by atoms with E-state index < -0.39 is 23.3 Å². The third-order valence-electron chi connectivity index (χ3n) is 6.63. The Balaban J connectivity index is 1.58. The summed E-state index contributed by atoms with van der Waals surface area (Å²) in [7, 11) is 0. The van der Waals surface area contributed by atoms with Crippen molar-refractivity contribution in [2.45, 2.75) is 51.3 Å². The van der Waals surface area contributed by atoms with Gasteiger partial charge in [0.05, 0.1) is 0 Å². The first-order chi connectivity index (χ1) is 19.6. The Morgan fingerprint density at radius 3 is 1.95 bits per heavy atom. The first kappa shape index (κ1) is 29.3. The van der Waals surface area contributed by atoms with Crippen molar-refractivity contribution in [2.24, 2.45) is 4.99 Å². The third kappa shape index (κ3) is 7.11. The lowest BCUT2D eigenvalue weighted by Gasteiger charge is -2.27. The number of ether oxygens (including phenoxy) is 1. The molecule has 3 aromatic carbocycles. The molecule has 1 aliphatic heterocycles. The van der Waals surface area contributed by atoms with Crippen LogP contribution in [0.5, 0.6) is 0 Å². The van der Waals surface area contributed by atoms with Gasteiger partial charge < -0.3 is 14.7 Å². The molecule has 0 atom stereocenters. The van der Waals surface area contributed by atoms with E-state index in [-0.39, 0.29) is 25.0 Å². The highest BCUT2D eigenvalue weighted by Crippen LogP contribution is 2.40. The molecule has 3 aromatic rings. The molecule has 0 radical (unpaired) electrons. The number of nitrogens with zero attached hydrogens (tertiary/aromatic N) is 3. The molecule has 0 aromatic heterocycles. The molecule has 41 heavy (non-hydrogen) atoms. The summed E-state index contributed by atoms with van der Waals surface area (Å²) in [5.41, 5.74) is 0.0979. The SMILES string of the molecule is CC(C)(C)OC(=O)NC1=NC(c2ccccc2)(c2ccccc2)C(=O)N1CCCCN(Cc1ccccc1)C(=O)O. The summed E-state index contributed by atoms with van der Waals surface area (Å²) in [4.78, 5) is 46.7. The zero-order valence-electron chi connectivity index (χ0n) is 23.6. The number of hydrogen-bond donors (Lipinski definition) is 2. The topological polar surface area (TPSA) is 112 Å². The van der Waals surface area contributed by atoms with E-state index in [0.717, 1.165) is 5.56 Å². The second kappa shape index (κ2) is 12.7. The van der Waals surface area contributed by atoms with Crippen molar-refractivity contribution < 1.29 is 24.2 Å². The van der Waals surface area contributed by atoms with Gasteiger partial charge in [-0.3, -0.25) is 15.0 Å². The molecule has 0 unspecified atom stereocenters. The van der Waals surface area contributed by atoms with Crippen molar-refractivity contribution >= 4 is 24.1 Å². The normalized spacial score (nSPS) is 14.4. The maximum Gasteiger partial charge on any atom is 0.414 e. The van der Waals surface area contributed by atoms with E-state index in [1.54, 1.807) is 20.8 Å². The summed E-state index contributed by atoms with van der Waals surface area (Å²) >= 11 is 0. The minimum Gasteiger partial charge on any atom is -0.465 e. The lowest BCUT2D eigenvalue weighted by molar-refractivity contribution is -0.130. The van der Waals surface area contributed by atoms with E-state index in [1.807, 2.05) is 91.0 Å². The van der Waals surface area contributed by atoms with Crippen LogP contribution < -0.4 is 5.32 Å². The van der Waals surface area contributed by atoms with Crippen molar-refractivity contribution in [1.82, 2.24) is 15.1 Å². The molecular weight excluding hydrogens is 520 g/mol. The van der Waals surface area contributed by atoms with Crippen LogP contribution in [0.3, 0.4) is 0 Å². The van der Waals surface area contributed by atoms with Crippen molar-refractivity contribution in [2.75, 3.05) is 13.1 Å². The number of rotatable bonds is 9. The molecule has 9 nitrogen and oxygen atoms in total. The van der Waals surface area contributed by atoms with Gasteiger partial charge in [-0.2, -0.15) is 0 Å². The maximum atomic E-state index is 14.3. The van der Waals surface area contributed by atoms with Crippen LogP contribution in [0.25, 0.3) is 0 Å². The Kier molecular flexibility index (Phi) is 9.07. The van der Waals surface area contributed by atoms with Crippen molar-refractivity contribution in [1.29, 1.82) is 0 Å². The second-order valence-corrected chi connectivity index (χ2v) is 10.9. The number of carbonyl (C=O) groups is 3. The zero-order chi connectivity index (χ0) is 29.5. The van der Waals surface area contributed by atoms with Gasteiger partial charge in [0, 0.05) is 19.6 Å². The summed E-state index contributed by atoms with van der Waals surface area (Å²) in [6, 6.07) is 27.9. The Hall–Kier alpha value is -4.66. The maximum absolute atomic E-state index is 14.3. The Bertz CT molecular complexity index is 1330. The van der Waals surface area contributed by atoms with Gasteiger partial charge in [0.2, 0.25) is 5.96 Å².